The second kappa shape index (κ2) is 7.16. The molecule has 4 heteroatoms. The van der Waals surface area contributed by atoms with Gasteiger partial charge in [-0.15, -0.1) is 0 Å². The van der Waals surface area contributed by atoms with Crippen LogP contribution in [0.1, 0.15) is 70.0 Å². The van der Waals surface area contributed by atoms with Crippen molar-refractivity contribution >= 4 is 0 Å². The molecule has 0 aromatic carbocycles. The normalized spacial score (nSPS) is 11.7. The van der Waals surface area contributed by atoms with E-state index >= 15 is 0 Å². The Morgan fingerprint density at radius 2 is 1.17 bits per heavy atom. The van der Waals surface area contributed by atoms with Gasteiger partial charge in [0, 0.05) is 29.4 Å². The summed E-state index contributed by atoms with van der Waals surface area (Å²) < 4.78 is 0. The first-order valence-corrected chi connectivity index (χ1v) is 8.01. The molecule has 23 heavy (non-hydrogen) atoms. The Kier molecular flexibility index (Phi) is 5.98. The number of nitrogens with zero attached hydrogens (tertiary/aromatic N) is 4. The third-order valence-electron chi connectivity index (χ3n) is 3.48. The number of aryl methyl sites for hydroxylation is 3. The van der Waals surface area contributed by atoms with Gasteiger partial charge in [0.2, 0.25) is 0 Å². The summed E-state index contributed by atoms with van der Waals surface area (Å²) in [6, 6.07) is 0. The van der Waals surface area contributed by atoms with Crippen LogP contribution in [0.5, 0.6) is 0 Å². The van der Waals surface area contributed by atoms with Gasteiger partial charge in [-0.05, 0) is 20.8 Å². The largest absolute Gasteiger partial charge is 0.261 e. The highest BCUT2D eigenvalue weighted by Gasteiger charge is 2.16. The maximum Gasteiger partial charge on any atom is 0.0643 e. The zero-order valence-electron chi connectivity index (χ0n) is 16.0. The standard InChI is InChI=1S/C10H16N2.C9H14N2/c1-7-8(2)12-9(6-11-7)10(3,4)5;1-7-5-10-6-8(11-7)9(2,3)4/h6H,1-5H3;5-6H,1-4H3. The molecule has 2 aromatic heterocycles. The fourth-order valence-electron chi connectivity index (χ4n) is 1.73. The molecule has 0 bridgehead atoms. The van der Waals surface area contributed by atoms with Crippen molar-refractivity contribution in [3.05, 3.63) is 47.1 Å². The molecule has 0 saturated heterocycles. The number of hydrogen-bond acceptors (Lipinski definition) is 4. The first-order valence-electron chi connectivity index (χ1n) is 8.01. The molecular weight excluding hydrogens is 284 g/mol. The van der Waals surface area contributed by atoms with Gasteiger partial charge in [-0.1, -0.05) is 41.5 Å². The van der Waals surface area contributed by atoms with Gasteiger partial charge >= 0.3 is 0 Å². The second-order valence-electron chi connectivity index (χ2n) is 7.97. The van der Waals surface area contributed by atoms with E-state index in [9.17, 15) is 0 Å². The molecule has 0 fully saturated rings. The molecule has 4 nitrogen and oxygen atoms in total. The van der Waals surface area contributed by atoms with Crippen LogP contribution in [0.3, 0.4) is 0 Å². The van der Waals surface area contributed by atoms with Gasteiger partial charge in [0.05, 0.1) is 28.5 Å². The summed E-state index contributed by atoms with van der Waals surface area (Å²) in [5.41, 5.74) is 5.36. The van der Waals surface area contributed by atoms with E-state index in [1.54, 1.807) is 6.20 Å². The lowest BCUT2D eigenvalue weighted by atomic mass is 9.92. The summed E-state index contributed by atoms with van der Waals surface area (Å²) in [6.45, 7) is 18.8. The second-order valence-corrected chi connectivity index (χ2v) is 7.97. The highest BCUT2D eigenvalue weighted by Crippen LogP contribution is 2.19. The Hall–Kier alpha value is -1.84. The van der Waals surface area contributed by atoms with Gasteiger partial charge in [0.25, 0.3) is 0 Å². The minimum absolute atomic E-state index is 0.103. The fourth-order valence-corrected chi connectivity index (χ4v) is 1.73. The van der Waals surface area contributed by atoms with Crippen molar-refractivity contribution in [3.63, 3.8) is 0 Å². The van der Waals surface area contributed by atoms with Crippen LogP contribution in [0, 0.1) is 20.8 Å². The van der Waals surface area contributed by atoms with Crippen molar-refractivity contribution in [1.82, 2.24) is 19.9 Å². The summed E-state index contributed by atoms with van der Waals surface area (Å²) >= 11 is 0. The zero-order valence-corrected chi connectivity index (χ0v) is 16.0. The van der Waals surface area contributed by atoms with E-state index in [-0.39, 0.29) is 10.8 Å². The molecule has 126 valence electrons. The summed E-state index contributed by atoms with van der Waals surface area (Å²) in [5, 5.41) is 0. The molecule has 0 N–H and O–H groups in total. The molecule has 0 spiro atoms. The first kappa shape index (κ1) is 19.2. The van der Waals surface area contributed by atoms with E-state index in [2.05, 4.69) is 61.5 Å². The van der Waals surface area contributed by atoms with E-state index in [1.807, 2.05) is 33.2 Å². The molecule has 0 unspecified atom stereocenters. The Morgan fingerprint density at radius 1 is 0.652 bits per heavy atom. The summed E-state index contributed by atoms with van der Waals surface area (Å²) in [5.74, 6) is 0. The first-order chi connectivity index (χ1) is 10.4. The molecule has 2 heterocycles. The Labute approximate surface area is 140 Å². The fraction of sp³-hybridized carbons (Fsp3) is 0.579. The van der Waals surface area contributed by atoms with Crippen molar-refractivity contribution in [2.24, 2.45) is 0 Å². The smallest absolute Gasteiger partial charge is 0.0643 e. The predicted molar refractivity (Wildman–Crippen MR) is 95.7 cm³/mol. The number of hydrogen-bond donors (Lipinski definition) is 0. The molecule has 0 atom stereocenters. The zero-order chi connectivity index (χ0) is 17.8. The lowest BCUT2D eigenvalue weighted by molar-refractivity contribution is 0.562. The van der Waals surface area contributed by atoms with Gasteiger partial charge in [0.15, 0.2) is 0 Å². The van der Waals surface area contributed by atoms with Gasteiger partial charge in [-0.2, -0.15) is 0 Å². The van der Waals surface area contributed by atoms with E-state index in [0.29, 0.717) is 0 Å². The topological polar surface area (TPSA) is 51.6 Å². The molecule has 0 radical (unpaired) electrons. The average molecular weight is 314 g/mol. The van der Waals surface area contributed by atoms with Crippen LogP contribution in [0.4, 0.5) is 0 Å². The van der Waals surface area contributed by atoms with E-state index < -0.39 is 0 Å². The molecule has 0 aliphatic carbocycles. The molecule has 0 aliphatic heterocycles. The van der Waals surface area contributed by atoms with Crippen molar-refractivity contribution < 1.29 is 0 Å². The lowest BCUT2D eigenvalue weighted by Gasteiger charge is -2.17. The van der Waals surface area contributed by atoms with Crippen LogP contribution >= 0.6 is 0 Å². The van der Waals surface area contributed by atoms with Gasteiger partial charge in [-0.3, -0.25) is 19.9 Å². The summed E-state index contributed by atoms with van der Waals surface area (Å²) in [7, 11) is 0. The average Bonchev–Trinajstić information content (AvgIpc) is 2.40. The Balaban J connectivity index is 0.000000231. The highest BCUT2D eigenvalue weighted by atomic mass is 14.8. The van der Waals surface area contributed by atoms with Crippen LogP contribution < -0.4 is 0 Å². The third-order valence-corrected chi connectivity index (χ3v) is 3.48. The van der Waals surface area contributed by atoms with Crippen LogP contribution in [0.15, 0.2) is 18.6 Å². The molecule has 0 amide bonds. The SMILES string of the molecule is Cc1cncc(C(C)(C)C)n1.Cc1ncc(C(C)(C)C)nc1C. The van der Waals surface area contributed by atoms with E-state index in [1.165, 1.54) is 0 Å². The van der Waals surface area contributed by atoms with Crippen LogP contribution in [0.25, 0.3) is 0 Å². The maximum absolute atomic E-state index is 4.48. The maximum atomic E-state index is 4.48. The molecule has 2 aromatic rings. The number of aromatic nitrogens is 4. The Bertz CT molecular complexity index is 649. The predicted octanol–water partition coefficient (Wildman–Crippen LogP) is 4.47. The van der Waals surface area contributed by atoms with Gasteiger partial charge in [-0.25, -0.2) is 0 Å². The van der Waals surface area contributed by atoms with Crippen molar-refractivity contribution in [3.8, 4) is 0 Å². The molecular formula is C19H30N4. The summed E-state index contributed by atoms with van der Waals surface area (Å²) in [4.78, 5) is 17.2. The van der Waals surface area contributed by atoms with Crippen molar-refractivity contribution in [1.29, 1.82) is 0 Å². The Morgan fingerprint density at radius 3 is 1.57 bits per heavy atom. The van der Waals surface area contributed by atoms with Crippen molar-refractivity contribution in [2.75, 3.05) is 0 Å². The number of rotatable bonds is 0. The van der Waals surface area contributed by atoms with E-state index in [0.717, 1.165) is 28.5 Å². The third kappa shape index (κ3) is 6.05. The monoisotopic (exact) mass is 314 g/mol. The molecule has 2 rings (SSSR count). The van der Waals surface area contributed by atoms with E-state index in [4.69, 9.17) is 0 Å². The van der Waals surface area contributed by atoms with Gasteiger partial charge in [0.1, 0.15) is 0 Å². The van der Waals surface area contributed by atoms with Crippen LogP contribution in [-0.4, -0.2) is 19.9 Å². The van der Waals surface area contributed by atoms with Crippen LogP contribution in [-0.2, 0) is 10.8 Å². The lowest BCUT2D eigenvalue weighted by Crippen LogP contribution is -2.15. The quantitative estimate of drug-likeness (QED) is 0.719. The minimum atomic E-state index is 0.103. The van der Waals surface area contributed by atoms with Crippen molar-refractivity contribution in [2.45, 2.75) is 73.1 Å². The van der Waals surface area contributed by atoms with Crippen LogP contribution in [0.2, 0.25) is 0 Å². The van der Waals surface area contributed by atoms with Gasteiger partial charge < -0.3 is 0 Å². The highest BCUT2D eigenvalue weighted by molar-refractivity contribution is 5.15. The minimum Gasteiger partial charge on any atom is -0.261 e. The molecule has 0 saturated carbocycles. The summed E-state index contributed by atoms with van der Waals surface area (Å²) in [6.07, 6.45) is 5.46. The molecule has 0 aliphatic rings.